The molecule has 0 amide bonds. The van der Waals surface area contributed by atoms with Crippen LogP contribution in [0.1, 0.15) is 443 Å². The van der Waals surface area contributed by atoms with Crippen LogP contribution in [0, 0.1) is 93.7 Å². The molecule has 10 nitrogen and oxygen atoms in total. The van der Waals surface area contributed by atoms with Crippen LogP contribution in [0.4, 0.5) is 48.3 Å². The van der Waals surface area contributed by atoms with E-state index in [0.717, 1.165) is 82.0 Å². The first-order valence-electron chi connectivity index (χ1n) is 47.6. The second-order valence-electron chi connectivity index (χ2n) is 45.3. The zero-order chi connectivity index (χ0) is 92.3. The summed E-state index contributed by atoms with van der Waals surface area (Å²) in [7, 11) is 0. The molecule has 119 heavy (non-hydrogen) atoms. The van der Waals surface area contributed by atoms with Crippen LogP contribution in [-0.4, -0.2) is 137 Å². The van der Waals surface area contributed by atoms with Crippen molar-refractivity contribution in [3.05, 3.63) is 0 Å². The summed E-state index contributed by atoms with van der Waals surface area (Å²) in [4.78, 5) is 0. The molecule has 10 N–H and O–H groups in total. The Morgan fingerprint density at radius 3 is 0.664 bits per heavy atom. The zero-order valence-electron chi connectivity index (χ0n) is 79.9. The highest BCUT2D eigenvalue weighted by molar-refractivity contribution is 5.04. The van der Waals surface area contributed by atoms with Gasteiger partial charge in [-0.1, -0.05) is 224 Å². The summed E-state index contributed by atoms with van der Waals surface area (Å²) < 4.78 is 140. The lowest BCUT2D eigenvalue weighted by molar-refractivity contribution is -0.205. The lowest BCUT2D eigenvalue weighted by Gasteiger charge is -2.44. The molecule has 1 spiro atoms. The van der Waals surface area contributed by atoms with Gasteiger partial charge in [0.1, 0.15) is 0 Å². The van der Waals surface area contributed by atoms with Crippen molar-refractivity contribution in [1.29, 1.82) is 0 Å². The highest BCUT2D eigenvalue weighted by atomic mass is 19.4. The molecule has 11 rings (SSSR count). The molecule has 0 aromatic carbocycles. The third-order valence-corrected chi connectivity index (χ3v) is 31.2. The zero-order valence-corrected chi connectivity index (χ0v) is 79.9. The second kappa shape index (κ2) is 45.9. The first kappa shape index (κ1) is 114. The van der Waals surface area contributed by atoms with Crippen molar-refractivity contribution in [3.63, 3.8) is 0 Å². The number of halogens is 11. The molecule has 0 aromatic rings. The van der Waals surface area contributed by atoms with Crippen molar-refractivity contribution in [3.8, 4) is 0 Å². The quantitative estimate of drug-likeness (QED) is 0.0938. The van der Waals surface area contributed by atoms with Gasteiger partial charge in [-0.25, -0.2) is 35.1 Å². The SMILES string of the molecule is CC(C)C1(O)CCC(F)(F)CC1.CC(C)C1(O)CCCC(C(F)(F)F)C1.CC(C)C1(O)CCCC(C)(C)C1.CC(C)C1(O)CCCC(F)(F)C1.CC(C)C1(O)CCCC2(CC2)C1.CC(C)[C@@]1(O)CCCC(F)(F)C1.CC(C)[C@@]1(O)CCC[C@@H](C)C1.CC(C)[C@]1(O)CCCC(F)(F)C1.CC(C)[C@]1(O)CCC[C@H](C)C1.CC1CCC[C@@](O)(C(C)C)C1. The van der Waals surface area contributed by atoms with Gasteiger partial charge in [0.25, 0.3) is 17.8 Å². The molecule has 11 aliphatic rings. The van der Waals surface area contributed by atoms with E-state index in [9.17, 15) is 99.4 Å². The van der Waals surface area contributed by atoms with Crippen LogP contribution in [-0.2, 0) is 0 Å². The molecule has 0 saturated heterocycles. The van der Waals surface area contributed by atoms with Crippen molar-refractivity contribution >= 4 is 0 Å². The van der Waals surface area contributed by atoms with E-state index >= 15 is 0 Å². The standard InChI is InChI=1S/C11H20O.C11H22O.C10H17F3O.3C10H20O.4C9H16F2O/c1-9(2)11(12)5-3-4-10(8-11)6-7-10;1-9(2)11(12)7-5-6-10(3,4)8-11;1-7(2)9(14)5-3-4-8(6-9)10(11,12)13;3*1-8(2)10(11)6-4-5-9(3)7-10;1-7(2)8(12)3-5-9(10,11)6-4-8;3*1-7(2)8(12)4-3-5-9(10,11)6-8/h9,12H,3-8H2,1-2H3;9,12H,5-8H2,1-4H3;7-8,14H,3-6H2,1-2H3;3*8-9,11H,4-7H2,1-3H3;4*7,12H,3-6H2,1-2H3/t;;;9?,10-;2*9-,10-;;2*8-;/m...010.10./s1. The first-order chi connectivity index (χ1) is 53.7. The predicted molar refractivity (Wildman–Crippen MR) is 465 cm³/mol. The summed E-state index contributed by atoms with van der Waals surface area (Å²) in [6.07, 6.45) is 24.0. The van der Waals surface area contributed by atoms with Crippen LogP contribution < -0.4 is 0 Å². The van der Waals surface area contributed by atoms with Crippen molar-refractivity contribution in [2.75, 3.05) is 0 Å². The van der Waals surface area contributed by atoms with Crippen molar-refractivity contribution in [2.24, 2.45) is 93.7 Å². The smallest absolute Gasteiger partial charge is 0.390 e. The lowest BCUT2D eigenvalue weighted by Crippen LogP contribution is -2.44. The lowest BCUT2D eigenvalue weighted by atomic mass is 9.66. The third kappa shape index (κ3) is 37.8. The molecule has 11 aliphatic carbocycles. The minimum atomic E-state index is -4.15. The Labute approximate surface area is 718 Å². The molecule has 0 aliphatic heterocycles. The van der Waals surface area contributed by atoms with Crippen LogP contribution >= 0.6 is 0 Å². The van der Waals surface area contributed by atoms with E-state index in [4.69, 9.17) is 0 Å². The molecular formula is C98H183F11O10. The summed E-state index contributed by atoms with van der Waals surface area (Å²) in [5.41, 5.74) is -6.19. The molecule has 0 heterocycles. The van der Waals surface area contributed by atoms with Gasteiger partial charge in [-0.3, -0.25) is 0 Å². The molecule has 0 aromatic heterocycles. The van der Waals surface area contributed by atoms with Gasteiger partial charge in [0, 0.05) is 51.4 Å². The predicted octanol–water partition coefficient (Wildman–Crippen LogP) is 26.9. The number of aliphatic hydroxyl groups is 10. The van der Waals surface area contributed by atoms with Gasteiger partial charge in [0.15, 0.2) is 0 Å². The Hall–Kier alpha value is -1.17. The van der Waals surface area contributed by atoms with Crippen LogP contribution in [0.15, 0.2) is 0 Å². The molecule has 21 heteroatoms. The Morgan fingerprint density at radius 2 is 0.454 bits per heavy atom. The number of alkyl halides is 11. The van der Waals surface area contributed by atoms with Crippen molar-refractivity contribution in [2.45, 2.75) is 529 Å². The number of rotatable bonds is 10. The van der Waals surface area contributed by atoms with E-state index in [1.54, 1.807) is 55.4 Å². The molecule has 13 atom stereocenters. The van der Waals surface area contributed by atoms with Gasteiger partial charge in [0.05, 0.1) is 61.9 Å². The molecule has 6 unspecified atom stereocenters. The van der Waals surface area contributed by atoms with Crippen LogP contribution in [0.5, 0.6) is 0 Å². The van der Waals surface area contributed by atoms with Gasteiger partial charge in [0.2, 0.25) is 5.92 Å². The van der Waals surface area contributed by atoms with E-state index in [-0.39, 0.29) is 135 Å². The van der Waals surface area contributed by atoms with E-state index in [2.05, 4.69) is 104 Å². The van der Waals surface area contributed by atoms with Crippen LogP contribution in [0.2, 0.25) is 0 Å². The highest BCUT2D eigenvalue weighted by Gasteiger charge is 2.54. The number of hydrogen-bond donors (Lipinski definition) is 10. The molecule has 0 radical (unpaired) electrons. The summed E-state index contributed by atoms with van der Waals surface area (Å²) in [6, 6.07) is 0. The van der Waals surface area contributed by atoms with E-state index < -0.39 is 63.8 Å². The van der Waals surface area contributed by atoms with Gasteiger partial charge in [-0.05, 0) is 255 Å². The second-order valence-corrected chi connectivity index (χ2v) is 45.3. The van der Waals surface area contributed by atoms with E-state index in [1.165, 1.54) is 77.0 Å². The summed E-state index contributed by atoms with van der Waals surface area (Å²) in [5, 5.41) is 100. The third-order valence-electron chi connectivity index (χ3n) is 31.2. The van der Waals surface area contributed by atoms with Crippen molar-refractivity contribution < 1.29 is 99.4 Å². The normalized spacial score (nSPS) is 36.1. The van der Waals surface area contributed by atoms with Crippen LogP contribution in [0.25, 0.3) is 0 Å². The Morgan fingerprint density at radius 1 is 0.227 bits per heavy atom. The molecular weight excluding hydrogens is 1550 g/mol. The van der Waals surface area contributed by atoms with Gasteiger partial charge < -0.3 is 51.1 Å². The maximum Gasteiger partial charge on any atom is 0.391 e. The number of hydrogen-bond acceptors (Lipinski definition) is 10. The Kier molecular flexibility index (Phi) is 43.9. The topological polar surface area (TPSA) is 202 Å². The van der Waals surface area contributed by atoms with Gasteiger partial charge in [-0.2, -0.15) is 13.2 Å². The van der Waals surface area contributed by atoms with E-state index in [1.807, 2.05) is 13.8 Å². The minimum absolute atomic E-state index is 0.0674. The summed E-state index contributed by atoms with van der Waals surface area (Å²) in [5.74, 6) is -7.83. The van der Waals surface area contributed by atoms with Gasteiger partial charge in [-0.15, -0.1) is 0 Å². The average molecular weight is 1730 g/mol. The van der Waals surface area contributed by atoms with E-state index in [0.29, 0.717) is 91.8 Å². The maximum atomic E-state index is 12.9. The molecule has 0 bridgehead atoms. The summed E-state index contributed by atoms with van der Waals surface area (Å²) >= 11 is 0. The first-order valence-corrected chi connectivity index (χ1v) is 47.6. The fourth-order valence-electron chi connectivity index (χ4n) is 20.4. The highest BCUT2D eigenvalue weighted by Crippen LogP contribution is 2.60. The Bertz CT molecular complexity index is 2560. The Balaban J connectivity index is 0.000000448. The van der Waals surface area contributed by atoms with Gasteiger partial charge >= 0.3 is 6.18 Å². The molecule has 11 saturated carbocycles. The fraction of sp³-hybridized carbons (Fsp3) is 1.00. The maximum absolute atomic E-state index is 12.9. The average Bonchev–Trinajstić information content (AvgIpc) is 1.62. The molecule has 712 valence electrons. The molecule has 11 fully saturated rings. The monoisotopic (exact) mass is 1730 g/mol. The largest absolute Gasteiger partial charge is 0.391 e. The fourth-order valence-corrected chi connectivity index (χ4v) is 20.4. The minimum Gasteiger partial charge on any atom is -0.390 e. The summed E-state index contributed by atoms with van der Waals surface area (Å²) in [6.45, 7) is 50.6. The van der Waals surface area contributed by atoms with Crippen LogP contribution in [0.3, 0.4) is 0 Å². The van der Waals surface area contributed by atoms with Crippen molar-refractivity contribution in [1.82, 2.24) is 0 Å².